The van der Waals surface area contributed by atoms with Crippen LogP contribution in [-0.2, 0) is 19.2 Å². The molecule has 4 N–H and O–H groups in total. The lowest BCUT2D eigenvalue weighted by Crippen LogP contribution is -2.31. The fraction of sp³-hybridized carbons (Fsp3) is 0.462. The van der Waals surface area contributed by atoms with E-state index in [2.05, 4.69) is 0 Å². The second-order valence-electron chi connectivity index (χ2n) is 9.52. The first-order valence-electron chi connectivity index (χ1n) is 11.3. The molecule has 0 bridgehead atoms. The van der Waals surface area contributed by atoms with E-state index in [1.165, 1.54) is 12.2 Å². The first-order valence-corrected chi connectivity index (χ1v) is 11.3. The van der Waals surface area contributed by atoms with Crippen LogP contribution in [0.25, 0.3) is 0 Å². The molecule has 0 spiro atoms. The Labute approximate surface area is 197 Å². The fourth-order valence-electron chi connectivity index (χ4n) is 5.72. The van der Waals surface area contributed by atoms with E-state index in [1.807, 2.05) is 27.7 Å². The van der Waals surface area contributed by atoms with Crippen LogP contribution in [0.3, 0.4) is 0 Å². The van der Waals surface area contributed by atoms with Crippen molar-refractivity contribution in [3.8, 4) is 0 Å². The molecule has 3 aliphatic rings. The molecule has 0 aromatic carbocycles. The summed E-state index contributed by atoms with van der Waals surface area (Å²) in [5.41, 5.74) is 4.50. The average molecular weight is 471 g/mol. The van der Waals surface area contributed by atoms with Gasteiger partial charge in [-0.1, -0.05) is 31.6 Å². The summed E-state index contributed by atoms with van der Waals surface area (Å²) in [5, 5.41) is 38.2. The van der Waals surface area contributed by atoms with E-state index in [-0.39, 0.29) is 41.7 Å². The minimum Gasteiger partial charge on any atom is -0.481 e. The van der Waals surface area contributed by atoms with Crippen molar-refractivity contribution < 1.29 is 39.6 Å². The molecule has 0 heterocycles. The first kappa shape index (κ1) is 25.2. The second-order valence-corrected chi connectivity index (χ2v) is 9.52. The van der Waals surface area contributed by atoms with Crippen LogP contribution in [0.5, 0.6) is 0 Å². The van der Waals surface area contributed by atoms with Gasteiger partial charge in [0, 0.05) is 5.57 Å². The molecule has 0 aromatic heterocycles. The summed E-state index contributed by atoms with van der Waals surface area (Å²) < 4.78 is 0. The molecule has 3 rings (SSSR count). The Morgan fingerprint density at radius 2 is 1.41 bits per heavy atom. The van der Waals surface area contributed by atoms with Crippen molar-refractivity contribution >= 4 is 23.9 Å². The Morgan fingerprint density at radius 3 is 1.94 bits per heavy atom. The van der Waals surface area contributed by atoms with Crippen molar-refractivity contribution in [2.75, 3.05) is 0 Å². The van der Waals surface area contributed by atoms with E-state index in [0.717, 1.165) is 22.3 Å². The third kappa shape index (κ3) is 4.62. The summed E-state index contributed by atoms with van der Waals surface area (Å²) >= 11 is 0. The molecule has 0 amide bonds. The Bertz CT molecular complexity index is 1110. The van der Waals surface area contributed by atoms with Crippen LogP contribution in [0.1, 0.15) is 47.0 Å². The molecule has 3 aliphatic carbocycles. The monoisotopic (exact) mass is 470 g/mol. The molecule has 8 nitrogen and oxygen atoms in total. The van der Waals surface area contributed by atoms with Gasteiger partial charge in [-0.3, -0.25) is 9.59 Å². The quantitative estimate of drug-likeness (QED) is 0.454. The van der Waals surface area contributed by atoms with Gasteiger partial charge in [-0.2, -0.15) is 0 Å². The van der Waals surface area contributed by atoms with Crippen LogP contribution >= 0.6 is 0 Å². The molecule has 0 aliphatic heterocycles. The van der Waals surface area contributed by atoms with Crippen LogP contribution < -0.4 is 0 Å². The maximum atomic E-state index is 11.7. The summed E-state index contributed by atoms with van der Waals surface area (Å²) in [7, 11) is 0. The molecule has 8 heteroatoms. The van der Waals surface area contributed by atoms with Gasteiger partial charge in [-0.05, 0) is 79.2 Å². The van der Waals surface area contributed by atoms with Crippen molar-refractivity contribution in [3.63, 3.8) is 0 Å². The number of hydrogen-bond acceptors (Lipinski definition) is 4. The molecule has 182 valence electrons. The van der Waals surface area contributed by atoms with E-state index in [0.29, 0.717) is 12.0 Å². The van der Waals surface area contributed by atoms with E-state index in [9.17, 15) is 39.6 Å². The van der Waals surface area contributed by atoms with E-state index in [4.69, 9.17) is 0 Å². The highest BCUT2D eigenvalue weighted by Gasteiger charge is 2.39. The van der Waals surface area contributed by atoms with Gasteiger partial charge in [-0.15, -0.1) is 0 Å². The molecular weight excluding hydrogens is 440 g/mol. The van der Waals surface area contributed by atoms with Crippen LogP contribution in [-0.4, -0.2) is 44.3 Å². The van der Waals surface area contributed by atoms with Crippen LogP contribution in [0.2, 0.25) is 0 Å². The predicted octanol–water partition coefficient (Wildman–Crippen LogP) is 4.07. The van der Waals surface area contributed by atoms with Gasteiger partial charge < -0.3 is 20.4 Å². The Kier molecular flexibility index (Phi) is 7.00. The molecule has 0 radical (unpaired) electrons. The topological polar surface area (TPSA) is 149 Å². The zero-order valence-corrected chi connectivity index (χ0v) is 19.7. The lowest BCUT2D eigenvalue weighted by Gasteiger charge is -2.40. The number of hydrogen-bond donors (Lipinski definition) is 4. The Balaban J connectivity index is 2.09. The van der Waals surface area contributed by atoms with Gasteiger partial charge in [0.05, 0.1) is 17.4 Å². The van der Waals surface area contributed by atoms with Crippen molar-refractivity contribution in [1.82, 2.24) is 0 Å². The highest BCUT2D eigenvalue weighted by molar-refractivity contribution is 5.92. The molecule has 5 atom stereocenters. The Morgan fingerprint density at radius 1 is 0.794 bits per heavy atom. The van der Waals surface area contributed by atoms with Crippen LogP contribution in [0, 0.1) is 29.6 Å². The van der Waals surface area contributed by atoms with Crippen molar-refractivity contribution in [3.05, 3.63) is 57.2 Å². The maximum absolute atomic E-state index is 11.7. The fourth-order valence-corrected chi connectivity index (χ4v) is 5.72. The minimum absolute atomic E-state index is 0.0472. The predicted molar refractivity (Wildman–Crippen MR) is 123 cm³/mol. The SMILES string of the molecule is CC1=C(C2=CC(C(=O)O)=CC(C(=O)O)C2)C(C)C(C)C(C2CC(C(=O)O)=CC(C(=O)O)C2)=C1C. The normalized spacial score (nSPS) is 29.8. The summed E-state index contributed by atoms with van der Waals surface area (Å²) in [6.45, 7) is 7.84. The van der Waals surface area contributed by atoms with Gasteiger partial charge in [0.25, 0.3) is 0 Å². The van der Waals surface area contributed by atoms with Crippen molar-refractivity contribution in [1.29, 1.82) is 0 Å². The number of rotatable bonds is 6. The highest BCUT2D eigenvalue weighted by Crippen LogP contribution is 2.49. The van der Waals surface area contributed by atoms with Gasteiger partial charge in [0.1, 0.15) is 0 Å². The number of aliphatic carboxylic acids is 4. The van der Waals surface area contributed by atoms with Crippen molar-refractivity contribution in [2.24, 2.45) is 29.6 Å². The number of allylic oxidation sites excluding steroid dienone is 5. The van der Waals surface area contributed by atoms with Gasteiger partial charge >= 0.3 is 23.9 Å². The summed E-state index contributed by atoms with van der Waals surface area (Å²) in [6.07, 6.45) is 4.91. The van der Waals surface area contributed by atoms with Crippen LogP contribution in [0.4, 0.5) is 0 Å². The standard InChI is InChI=1S/C26H30O8/c1-11-12(2)22(16-7-19(25(31)32)10-20(8-16)26(33)34)14(4)13(3)21(11)15-5-17(23(27)28)9-18(6-15)24(29)30/h5,9-12,16,18-19H,6-8H2,1-4H3,(H,27,28)(H,29,30)(H,31,32)(H,33,34). The second kappa shape index (κ2) is 9.44. The molecule has 0 aromatic rings. The molecule has 0 fully saturated rings. The van der Waals surface area contributed by atoms with Crippen LogP contribution in [0.15, 0.2) is 57.2 Å². The third-order valence-corrected chi connectivity index (χ3v) is 7.59. The number of carbonyl (C=O) groups is 4. The van der Waals surface area contributed by atoms with Gasteiger partial charge in [0.15, 0.2) is 0 Å². The lowest BCUT2D eigenvalue weighted by atomic mass is 9.64. The zero-order chi connectivity index (χ0) is 25.5. The maximum Gasteiger partial charge on any atom is 0.335 e. The third-order valence-electron chi connectivity index (χ3n) is 7.59. The molecule has 0 saturated carbocycles. The minimum atomic E-state index is -1.18. The van der Waals surface area contributed by atoms with E-state index < -0.39 is 35.7 Å². The first-order chi connectivity index (χ1) is 15.8. The Hall–Kier alpha value is -3.42. The summed E-state index contributed by atoms with van der Waals surface area (Å²) in [5.74, 6) is -6.62. The van der Waals surface area contributed by atoms with Gasteiger partial charge in [0.2, 0.25) is 0 Å². The lowest BCUT2D eigenvalue weighted by molar-refractivity contribution is -0.141. The number of carboxylic acids is 4. The number of carboxylic acid groups (broad SMARTS) is 4. The zero-order valence-electron chi connectivity index (χ0n) is 19.7. The van der Waals surface area contributed by atoms with E-state index in [1.54, 1.807) is 6.08 Å². The van der Waals surface area contributed by atoms with Gasteiger partial charge in [-0.25, -0.2) is 9.59 Å². The molecule has 5 unspecified atom stereocenters. The van der Waals surface area contributed by atoms with Crippen molar-refractivity contribution in [2.45, 2.75) is 47.0 Å². The largest absolute Gasteiger partial charge is 0.481 e. The molecule has 0 saturated heterocycles. The highest BCUT2D eigenvalue weighted by atomic mass is 16.4. The summed E-state index contributed by atoms with van der Waals surface area (Å²) in [6, 6.07) is 0. The smallest absolute Gasteiger partial charge is 0.335 e. The van der Waals surface area contributed by atoms with E-state index >= 15 is 0 Å². The molecular formula is C26H30O8. The molecule has 34 heavy (non-hydrogen) atoms. The summed E-state index contributed by atoms with van der Waals surface area (Å²) in [4.78, 5) is 46.7. The average Bonchev–Trinajstić information content (AvgIpc) is 2.77.